The Morgan fingerprint density at radius 1 is 0.914 bits per heavy atom. The summed E-state index contributed by atoms with van der Waals surface area (Å²) in [4.78, 5) is 15.7. The molecular weight excluding hydrogens is 440 g/mol. The smallest absolute Gasteiger partial charge is 0.255 e. The number of carbonyl (C=O) groups is 1. The van der Waals surface area contributed by atoms with Gasteiger partial charge in [0.05, 0.1) is 19.9 Å². The summed E-state index contributed by atoms with van der Waals surface area (Å²) in [6, 6.07) is 9.54. The lowest BCUT2D eigenvalue weighted by Crippen LogP contribution is -2.35. The van der Waals surface area contributed by atoms with Crippen molar-refractivity contribution in [1.29, 1.82) is 0 Å². The van der Waals surface area contributed by atoms with Crippen LogP contribution in [0.5, 0.6) is 17.2 Å². The van der Waals surface area contributed by atoms with E-state index in [-0.39, 0.29) is 22.8 Å². The summed E-state index contributed by atoms with van der Waals surface area (Å²) in [5.74, 6) is 1.70. The van der Waals surface area contributed by atoms with E-state index in [9.17, 15) is 4.79 Å². The van der Waals surface area contributed by atoms with E-state index < -0.39 is 0 Å². The zero-order valence-electron chi connectivity index (χ0n) is 22.9. The monoisotopic (exact) mass is 482 g/mol. The van der Waals surface area contributed by atoms with Gasteiger partial charge in [-0.15, -0.1) is 0 Å². The van der Waals surface area contributed by atoms with E-state index in [0.29, 0.717) is 28.5 Å². The fourth-order valence-corrected chi connectivity index (χ4v) is 4.32. The summed E-state index contributed by atoms with van der Waals surface area (Å²) >= 11 is 0. The predicted octanol–water partition coefficient (Wildman–Crippen LogP) is 6.02. The van der Waals surface area contributed by atoms with Crippen molar-refractivity contribution in [1.82, 2.24) is 4.90 Å². The van der Waals surface area contributed by atoms with Crippen molar-refractivity contribution in [3.05, 3.63) is 47.0 Å². The van der Waals surface area contributed by atoms with E-state index >= 15 is 0 Å². The van der Waals surface area contributed by atoms with Gasteiger partial charge < -0.3 is 24.4 Å². The average molecular weight is 483 g/mol. The molecule has 0 aromatic heterocycles. The minimum atomic E-state index is -0.218. The number of benzene rings is 2. The van der Waals surface area contributed by atoms with Gasteiger partial charge in [0, 0.05) is 24.2 Å². The third-order valence-electron chi connectivity index (χ3n) is 6.60. The molecule has 6 nitrogen and oxygen atoms in total. The Morgan fingerprint density at radius 3 is 2.11 bits per heavy atom. The Labute approximate surface area is 210 Å². The van der Waals surface area contributed by atoms with E-state index in [1.165, 1.54) is 0 Å². The Bertz CT molecular complexity index is 1040. The van der Waals surface area contributed by atoms with E-state index in [1.54, 1.807) is 32.4 Å². The fraction of sp³-hybridized carbons (Fsp3) is 0.552. The molecule has 2 aromatic carbocycles. The van der Waals surface area contributed by atoms with Gasteiger partial charge in [-0.25, -0.2) is 0 Å². The summed E-state index contributed by atoms with van der Waals surface area (Å²) in [6.07, 6.45) is 2.00. The quantitative estimate of drug-likeness (QED) is 0.545. The van der Waals surface area contributed by atoms with Crippen molar-refractivity contribution in [3.8, 4) is 17.2 Å². The maximum Gasteiger partial charge on any atom is 0.255 e. The molecule has 1 saturated heterocycles. The van der Waals surface area contributed by atoms with Crippen molar-refractivity contribution >= 4 is 11.6 Å². The molecule has 1 heterocycles. The SMILES string of the molecule is COc1ccc(C(=O)Nc2cc(C(C)(C)C)cc(C(C)(C)C)c2OC)cc1OC1CCN(C)CC1. The van der Waals surface area contributed by atoms with Crippen LogP contribution in [0.3, 0.4) is 0 Å². The van der Waals surface area contributed by atoms with Crippen LogP contribution in [-0.4, -0.2) is 51.3 Å². The molecule has 0 unspecified atom stereocenters. The number of amides is 1. The van der Waals surface area contributed by atoms with Crippen molar-refractivity contribution in [2.75, 3.05) is 39.7 Å². The molecule has 0 radical (unpaired) electrons. The van der Waals surface area contributed by atoms with Crippen molar-refractivity contribution in [2.24, 2.45) is 0 Å². The summed E-state index contributed by atoms with van der Waals surface area (Å²) < 4.78 is 17.6. The molecule has 0 aliphatic carbocycles. The summed E-state index contributed by atoms with van der Waals surface area (Å²) in [6.45, 7) is 15.0. The first-order chi connectivity index (χ1) is 16.3. The molecule has 1 aliphatic heterocycles. The van der Waals surface area contributed by atoms with Crippen LogP contribution in [0.25, 0.3) is 0 Å². The number of piperidine rings is 1. The molecular formula is C29H42N2O4. The number of carbonyl (C=O) groups excluding carboxylic acids is 1. The molecule has 6 heteroatoms. The molecule has 192 valence electrons. The first-order valence-corrected chi connectivity index (χ1v) is 12.4. The van der Waals surface area contributed by atoms with Crippen LogP contribution >= 0.6 is 0 Å². The minimum absolute atomic E-state index is 0.0824. The largest absolute Gasteiger partial charge is 0.494 e. The molecule has 2 aromatic rings. The summed E-state index contributed by atoms with van der Waals surface area (Å²) in [5.41, 5.74) is 3.14. The number of nitrogens with zero attached hydrogens (tertiary/aromatic N) is 1. The van der Waals surface area contributed by atoms with Crippen molar-refractivity contribution in [3.63, 3.8) is 0 Å². The maximum atomic E-state index is 13.4. The van der Waals surface area contributed by atoms with E-state index in [1.807, 2.05) is 6.07 Å². The van der Waals surface area contributed by atoms with Gasteiger partial charge in [0.15, 0.2) is 11.5 Å². The van der Waals surface area contributed by atoms with Gasteiger partial charge >= 0.3 is 0 Å². The molecule has 1 aliphatic rings. The Balaban J connectivity index is 1.94. The Kier molecular flexibility index (Phi) is 8.05. The molecule has 0 saturated carbocycles. The average Bonchev–Trinajstić information content (AvgIpc) is 2.78. The number of anilines is 1. The van der Waals surface area contributed by atoms with Gasteiger partial charge in [-0.2, -0.15) is 0 Å². The van der Waals surface area contributed by atoms with E-state index in [2.05, 4.69) is 64.9 Å². The molecule has 0 atom stereocenters. The third-order valence-corrected chi connectivity index (χ3v) is 6.60. The molecule has 0 spiro atoms. The van der Waals surface area contributed by atoms with Gasteiger partial charge in [-0.05, 0) is 60.5 Å². The molecule has 35 heavy (non-hydrogen) atoms. The topological polar surface area (TPSA) is 60.0 Å². The third kappa shape index (κ3) is 6.49. The molecule has 1 amide bonds. The number of methoxy groups -OCH3 is 2. The Hall–Kier alpha value is -2.73. The van der Waals surface area contributed by atoms with Gasteiger partial charge in [-0.3, -0.25) is 4.79 Å². The highest BCUT2D eigenvalue weighted by molar-refractivity contribution is 6.05. The van der Waals surface area contributed by atoms with Gasteiger partial charge in [0.2, 0.25) is 0 Å². The standard InChI is InChI=1S/C29H42N2O4/c1-28(2,3)20-17-22(29(4,5)6)26(34-9)23(18-20)30-27(32)19-10-11-24(33-8)25(16-19)35-21-12-14-31(7)15-13-21/h10-11,16-18,21H,12-15H2,1-9H3,(H,30,32). The zero-order valence-corrected chi connectivity index (χ0v) is 22.9. The van der Waals surface area contributed by atoms with E-state index in [4.69, 9.17) is 14.2 Å². The highest BCUT2D eigenvalue weighted by atomic mass is 16.5. The molecule has 0 bridgehead atoms. The van der Waals surface area contributed by atoms with Crippen LogP contribution in [0.15, 0.2) is 30.3 Å². The lowest BCUT2D eigenvalue weighted by molar-refractivity contribution is 0.101. The zero-order chi connectivity index (χ0) is 26.0. The van der Waals surface area contributed by atoms with Crippen LogP contribution in [0.1, 0.15) is 75.9 Å². The lowest BCUT2D eigenvalue weighted by Gasteiger charge is -2.30. The van der Waals surface area contributed by atoms with Crippen molar-refractivity contribution < 1.29 is 19.0 Å². The first kappa shape index (κ1) is 26.9. The highest BCUT2D eigenvalue weighted by Crippen LogP contribution is 2.41. The van der Waals surface area contributed by atoms with Gasteiger partial charge in [-0.1, -0.05) is 47.6 Å². The van der Waals surface area contributed by atoms with Crippen LogP contribution in [0, 0.1) is 0 Å². The molecule has 3 rings (SSSR count). The van der Waals surface area contributed by atoms with Crippen LogP contribution in [0.4, 0.5) is 5.69 Å². The van der Waals surface area contributed by atoms with Crippen molar-refractivity contribution in [2.45, 2.75) is 71.3 Å². The van der Waals surface area contributed by atoms with Crippen LogP contribution < -0.4 is 19.5 Å². The normalized spacial score (nSPS) is 15.6. The minimum Gasteiger partial charge on any atom is -0.494 e. The van der Waals surface area contributed by atoms with E-state index in [0.717, 1.165) is 37.1 Å². The number of rotatable bonds is 6. The predicted molar refractivity (Wildman–Crippen MR) is 142 cm³/mol. The van der Waals surface area contributed by atoms with Crippen LogP contribution in [0.2, 0.25) is 0 Å². The number of hydrogen-bond donors (Lipinski definition) is 1. The van der Waals surface area contributed by atoms with Gasteiger partial charge in [0.1, 0.15) is 11.9 Å². The second-order valence-electron chi connectivity index (χ2n) is 11.5. The Morgan fingerprint density at radius 2 is 1.57 bits per heavy atom. The van der Waals surface area contributed by atoms with Gasteiger partial charge in [0.25, 0.3) is 5.91 Å². The molecule has 1 fully saturated rings. The first-order valence-electron chi connectivity index (χ1n) is 12.4. The number of hydrogen-bond acceptors (Lipinski definition) is 5. The number of nitrogens with one attached hydrogen (secondary N) is 1. The highest BCUT2D eigenvalue weighted by Gasteiger charge is 2.27. The fourth-order valence-electron chi connectivity index (χ4n) is 4.32. The van der Waals surface area contributed by atoms with Crippen LogP contribution in [-0.2, 0) is 10.8 Å². The number of ether oxygens (including phenoxy) is 3. The summed E-state index contributed by atoms with van der Waals surface area (Å²) in [5, 5.41) is 3.11. The molecule has 1 N–H and O–H groups in total. The second kappa shape index (κ2) is 10.5. The second-order valence-corrected chi connectivity index (χ2v) is 11.5. The summed E-state index contributed by atoms with van der Waals surface area (Å²) in [7, 11) is 5.39. The number of likely N-dealkylation sites (tertiary alicyclic amines) is 1. The maximum absolute atomic E-state index is 13.4. The lowest BCUT2D eigenvalue weighted by atomic mass is 9.79.